The van der Waals surface area contributed by atoms with Gasteiger partial charge in [0.1, 0.15) is 11.6 Å². The molecular weight excluding hydrogens is 226 g/mol. The summed E-state index contributed by atoms with van der Waals surface area (Å²) in [6.07, 6.45) is 0.913. The van der Waals surface area contributed by atoms with E-state index in [-0.39, 0.29) is 0 Å². The maximum atomic E-state index is 5.73. The zero-order valence-electron chi connectivity index (χ0n) is 10.9. The van der Waals surface area contributed by atoms with Crippen molar-refractivity contribution in [3.63, 3.8) is 0 Å². The molecule has 0 aliphatic carbocycles. The number of ether oxygens (including phenoxy) is 1. The number of nitrogen functional groups attached to an aromatic ring is 1. The molecule has 0 bridgehead atoms. The van der Waals surface area contributed by atoms with Gasteiger partial charge in [-0.15, -0.1) is 0 Å². The normalized spacial score (nSPS) is 10.6. The van der Waals surface area contributed by atoms with Crippen molar-refractivity contribution in [1.29, 1.82) is 0 Å². The number of aryl methyl sites for hydroxylation is 3. The molecule has 2 rings (SSSR count). The van der Waals surface area contributed by atoms with Gasteiger partial charge < -0.3 is 10.5 Å². The number of nitrogens with two attached hydrogens (primary N) is 1. The highest BCUT2D eigenvalue weighted by atomic mass is 16.5. The molecule has 2 N–H and O–H groups in total. The van der Waals surface area contributed by atoms with E-state index in [0.717, 1.165) is 30.0 Å². The lowest BCUT2D eigenvalue weighted by Gasteiger charge is -2.09. The average Bonchev–Trinajstić information content (AvgIpc) is 2.65. The Bertz CT molecular complexity index is 520. The quantitative estimate of drug-likeness (QED) is 0.824. The number of nitrogens with zero attached hydrogens (tertiary/aromatic N) is 2. The highest BCUT2D eigenvalue weighted by Crippen LogP contribution is 2.16. The van der Waals surface area contributed by atoms with Crippen molar-refractivity contribution in [1.82, 2.24) is 9.78 Å². The lowest BCUT2D eigenvalue weighted by molar-refractivity contribution is 0.296. The number of aromatic nitrogens is 2. The van der Waals surface area contributed by atoms with Crippen molar-refractivity contribution in [3.05, 3.63) is 41.6 Å². The molecular formula is C14H19N3O. The Kier molecular flexibility index (Phi) is 3.87. The fraction of sp³-hybridized carbons (Fsp3) is 0.357. The third kappa shape index (κ3) is 3.03. The molecule has 18 heavy (non-hydrogen) atoms. The molecule has 96 valence electrons. The molecule has 1 aromatic heterocycles. The molecule has 0 saturated carbocycles. The summed E-state index contributed by atoms with van der Waals surface area (Å²) in [5.41, 5.74) is 7.88. The van der Waals surface area contributed by atoms with Crippen LogP contribution in [0, 0.1) is 13.8 Å². The average molecular weight is 245 g/mol. The molecule has 1 heterocycles. The number of hydrogen-bond acceptors (Lipinski definition) is 3. The second-order valence-electron chi connectivity index (χ2n) is 4.40. The first-order chi connectivity index (χ1) is 8.66. The Morgan fingerprint density at radius 1 is 1.28 bits per heavy atom. The van der Waals surface area contributed by atoms with Gasteiger partial charge in [-0.1, -0.05) is 18.2 Å². The first-order valence-electron chi connectivity index (χ1n) is 6.15. The van der Waals surface area contributed by atoms with Gasteiger partial charge in [0.2, 0.25) is 0 Å². The van der Waals surface area contributed by atoms with Gasteiger partial charge in [-0.05, 0) is 25.5 Å². The van der Waals surface area contributed by atoms with Gasteiger partial charge in [0.05, 0.1) is 6.61 Å². The molecule has 0 unspecified atom stereocenters. The number of rotatable bonds is 5. The van der Waals surface area contributed by atoms with E-state index < -0.39 is 0 Å². The van der Waals surface area contributed by atoms with Gasteiger partial charge in [-0.2, -0.15) is 5.10 Å². The highest BCUT2D eigenvalue weighted by molar-refractivity contribution is 5.31. The summed E-state index contributed by atoms with van der Waals surface area (Å²) in [6, 6.07) is 9.92. The summed E-state index contributed by atoms with van der Waals surface area (Å²) in [6.45, 7) is 5.57. The molecule has 0 radical (unpaired) electrons. The molecule has 2 aromatic rings. The largest absolute Gasteiger partial charge is 0.493 e. The van der Waals surface area contributed by atoms with E-state index >= 15 is 0 Å². The zero-order valence-corrected chi connectivity index (χ0v) is 10.9. The van der Waals surface area contributed by atoms with E-state index in [0.29, 0.717) is 12.4 Å². The Hall–Kier alpha value is -1.97. The Morgan fingerprint density at radius 3 is 2.72 bits per heavy atom. The second kappa shape index (κ2) is 5.58. The molecule has 0 aliphatic heterocycles. The molecule has 0 aliphatic rings. The fourth-order valence-electron chi connectivity index (χ4n) is 1.88. The smallest absolute Gasteiger partial charge is 0.145 e. The molecule has 4 nitrogen and oxygen atoms in total. The Morgan fingerprint density at radius 2 is 2.06 bits per heavy atom. The first kappa shape index (κ1) is 12.5. The highest BCUT2D eigenvalue weighted by Gasteiger charge is 2.01. The van der Waals surface area contributed by atoms with Crippen molar-refractivity contribution >= 4 is 5.82 Å². The van der Waals surface area contributed by atoms with Crippen molar-refractivity contribution < 1.29 is 4.74 Å². The van der Waals surface area contributed by atoms with Crippen LogP contribution in [0.15, 0.2) is 30.3 Å². The van der Waals surface area contributed by atoms with Crippen molar-refractivity contribution in [2.75, 3.05) is 12.3 Å². The number of benzene rings is 1. The van der Waals surface area contributed by atoms with Gasteiger partial charge in [-0.25, -0.2) is 0 Å². The molecule has 0 fully saturated rings. The van der Waals surface area contributed by atoms with Crippen molar-refractivity contribution in [3.8, 4) is 5.75 Å². The minimum absolute atomic E-state index is 0.576. The monoisotopic (exact) mass is 245 g/mol. The number of anilines is 1. The first-order valence-corrected chi connectivity index (χ1v) is 6.15. The molecule has 0 atom stereocenters. The van der Waals surface area contributed by atoms with Crippen LogP contribution >= 0.6 is 0 Å². The number of para-hydroxylation sites is 1. The van der Waals surface area contributed by atoms with Crippen LogP contribution in [0.2, 0.25) is 0 Å². The van der Waals surface area contributed by atoms with Crippen LogP contribution in [-0.4, -0.2) is 16.4 Å². The third-order valence-corrected chi connectivity index (χ3v) is 2.87. The summed E-state index contributed by atoms with van der Waals surface area (Å²) < 4.78 is 7.65. The van der Waals surface area contributed by atoms with Gasteiger partial charge in [-0.3, -0.25) is 4.68 Å². The van der Waals surface area contributed by atoms with E-state index in [1.54, 1.807) is 0 Å². The molecule has 0 spiro atoms. The lowest BCUT2D eigenvalue weighted by Crippen LogP contribution is -2.07. The van der Waals surface area contributed by atoms with Crippen molar-refractivity contribution in [2.45, 2.75) is 26.8 Å². The minimum atomic E-state index is 0.576. The Balaban J connectivity index is 1.80. The van der Waals surface area contributed by atoms with Gasteiger partial charge in [0.25, 0.3) is 0 Å². The van der Waals surface area contributed by atoms with Crippen molar-refractivity contribution in [2.24, 2.45) is 0 Å². The van der Waals surface area contributed by atoms with E-state index in [1.165, 1.54) is 0 Å². The maximum Gasteiger partial charge on any atom is 0.145 e. The van der Waals surface area contributed by atoms with Crippen LogP contribution in [0.1, 0.15) is 17.7 Å². The molecule has 4 heteroatoms. The SMILES string of the molecule is Cc1ccccc1OCCCn1nc(N)cc1C. The summed E-state index contributed by atoms with van der Waals surface area (Å²) in [7, 11) is 0. The lowest BCUT2D eigenvalue weighted by atomic mass is 10.2. The summed E-state index contributed by atoms with van der Waals surface area (Å²) in [5.74, 6) is 1.53. The van der Waals surface area contributed by atoms with Gasteiger partial charge in [0, 0.05) is 24.7 Å². The minimum Gasteiger partial charge on any atom is -0.493 e. The summed E-state index contributed by atoms with van der Waals surface area (Å²) in [5, 5.41) is 4.21. The predicted molar refractivity (Wildman–Crippen MR) is 72.7 cm³/mol. The predicted octanol–water partition coefficient (Wildman–Crippen LogP) is 2.55. The Labute approximate surface area is 107 Å². The summed E-state index contributed by atoms with van der Waals surface area (Å²) in [4.78, 5) is 0. The standard InChI is InChI=1S/C14H19N3O/c1-11-6-3-4-7-13(11)18-9-5-8-17-12(2)10-14(15)16-17/h3-4,6-7,10H,5,8-9H2,1-2H3,(H2,15,16). The van der Waals surface area contributed by atoms with Crippen LogP contribution in [0.4, 0.5) is 5.82 Å². The van der Waals surface area contributed by atoms with Crippen LogP contribution in [-0.2, 0) is 6.54 Å². The maximum absolute atomic E-state index is 5.73. The van der Waals surface area contributed by atoms with E-state index in [2.05, 4.69) is 5.10 Å². The molecule has 1 aromatic carbocycles. The third-order valence-electron chi connectivity index (χ3n) is 2.87. The molecule has 0 amide bonds. The molecule has 0 saturated heterocycles. The van der Waals surface area contributed by atoms with Gasteiger partial charge in [0.15, 0.2) is 0 Å². The zero-order chi connectivity index (χ0) is 13.0. The second-order valence-corrected chi connectivity index (χ2v) is 4.40. The van der Waals surface area contributed by atoms with E-state index in [4.69, 9.17) is 10.5 Å². The fourth-order valence-corrected chi connectivity index (χ4v) is 1.88. The number of hydrogen-bond donors (Lipinski definition) is 1. The topological polar surface area (TPSA) is 53.1 Å². The summed E-state index contributed by atoms with van der Waals surface area (Å²) >= 11 is 0. The van der Waals surface area contributed by atoms with Crippen LogP contribution in [0.5, 0.6) is 5.75 Å². The van der Waals surface area contributed by atoms with Crippen LogP contribution in [0.3, 0.4) is 0 Å². The van der Waals surface area contributed by atoms with Crippen LogP contribution < -0.4 is 10.5 Å². The van der Waals surface area contributed by atoms with Crippen LogP contribution in [0.25, 0.3) is 0 Å². The van der Waals surface area contributed by atoms with E-state index in [1.807, 2.05) is 48.9 Å². The van der Waals surface area contributed by atoms with E-state index in [9.17, 15) is 0 Å². The van der Waals surface area contributed by atoms with Gasteiger partial charge >= 0.3 is 0 Å².